The quantitative estimate of drug-likeness (QED) is 0.760. The number of anilines is 1. The summed E-state index contributed by atoms with van der Waals surface area (Å²) in [5, 5.41) is 15.2. The number of hydrogen-bond acceptors (Lipinski definition) is 5. The van der Waals surface area contributed by atoms with Crippen molar-refractivity contribution in [2.75, 3.05) is 18.9 Å². The fourth-order valence-corrected chi connectivity index (χ4v) is 2.09. The Hall–Kier alpha value is -2.66. The van der Waals surface area contributed by atoms with Crippen molar-refractivity contribution in [3.63, 3.8) is 0 Å². The molecule has 27 heavy (non-hydrogen) atoms. The van der Waals surface area contributed by atoms with E-state index in [0.29, 0.717) is 0 Å². The number of amides is 1. The van der Waals surface area contributed by atoms with Crippen LogP contribution in [0.4, 0.5) is 18.9 Å². The Morgan fingerprint density at radius 1 is 1.37 bits per heavy atom. The van der Waals surface area contributed by atoms with E-state index in [2.05, 4.69) is 15.4 Å². The Bertz CT molecular complexity index is 798. The summed E-state index contributed by atoms with van der Waals surface area (Å²) in [4.78, 5) is 28.1. The van der Waals surface area contributed by atoms with Crippen molar-refractivity contribution in [1.29, 1.82) is 0 Å². The van der Waals surface area contributed by atoms with Gasteiger partial charge in [-0.25, -0.2) is 9.67 Å². The molecule has 2 N–H and O–H groups in total. The Balaban J connectivity index is 0.00000364. The normalized spacial score (nSPS) is 12.4. The maximum Gasteiger partial charge on any atom is 0.416 e. The lowest BCUT2D eigenvalue weighted by Gasteiger charge is -2.21. The maximum absolute atomic E-state index is 13.0. The zero-order valence-electron chi connectivity index (χ0n) is 14.3. The molecule has 148 valence electrons. The van der Waals surface area contributed by atoms with E-state index in [9.17, 15) is 22.8 Å². The molecule has 1 amide bonds. The molecule has 8 nitrogen and oxygen atoms in total. The third kappa shape index (κ3) is 5.66. The summed E-state index contributed by atoms with van der Waals surface area (Å²) in [5.41, 5.74) is -0.867. The Morgan fingerprint density at radius 2 is 2.04 bits per heavy atom. The van der Waals surface area contributed by atoms with Crippen LogP contribution in [0.2, 0.25) is 0 Å². The molecule has 12 heteroatoms. The number of nitrogens with zero attached hydrogens (tertiary/aromatic N) is 4. The molecule has 0 saturated heterocycles. The average molecular weight is 408 g/mol. The van der Waals surface area contributed by atoms with Crippen LogP contribution in [-0.2, 0) is 15.8 Å². The zero-order valence-corrected chi connectivity index (χ0v) is 15.1. The number of benzene rings is 1. The lowest BCUT2D eigenvalue weighted by atomic mass is 10.1. The van der Waals surface area contributed by atoms with Crippen LogP contribution in [0.5, 0.6) is 0 Å². The zero-order chi connectivity index (χ0) is 19.5. The summed E-state index contributed by atoms with van der Waals surface area (Å²) in [6.07, 6.45) is -2.11. The predicted octanol–water partition coefficient (Wildman–Crippen LogP) is 2.05. The molecule has 0 aliphatic carbocycles. The van der Waals surface area contributed by atoms with Crippen molar-refractivity contribution in [1.82, 2.24) is 19.7 Å². The molecular formula is C15H17ClF3N5O3. The molecular weight excluding hydrogens is 391 g/mol. The second kappa shape index (κ2) is 8.82. The standard InChI is InChI=1S/C15H16F3N5O3.ClH/c1-9(14(25)26)22(2)6-13(24)21-11-5-10(15(16,17)18)3-4-12(11)23-8-19-7-20-23;/h3-5,7-9H,6H2,1-2H3,(H,21,24)(H,25,26);1H. The molecule has 1 atom stereocenters. The average Bonchev–Trinajstić information content (AvgIpc) is 3.07. The van der Waals surface area contributed by atoms with Gasteiger partial charge in [0.05, 0.1) is 23.5 Å². The lowest BCUT2D eigenvalue weighted by Crippen LogP contribution is -2.40. The van der Waals surface area contributed by atoms with Gasteiger partial charge in [0.15, 0.2) is 0 Å². The number of alkyl halides is 3. The van der Waals surface area contributed by atoms with Crippen molar-refractivity contribution in [2.45, 2.75) is 19.1 Å². The lowest BCUT2D eigenvalue weighted by molar-refractivity contribution is -0.142. The molecule has 2 rings (SSSR count). The number of aliphatic carboxylic acids is 1. The van der Waals surface area contributed by atoms with Gasteiger partial charge in [-0.1, -0.05) is 0 Å². The van der Waals surface area contributed by atoms with Gasteiger partial charge in [0.25, 0.3) is 0 Å². The van der Waals surface area contributed by atoms with Crippen LogP contribution in [0.25, 0.3) is 5.69 Å². The van der Waals surface area contributed by atoms with Gasteiger partial charge in [-0.05, 0) is 32.2 Å². The Labute approximate surface area is 158 Å². The van der Waals surface area contributed by atoms with Gasteiger partial charge in [-0.15, -0.1) is 12.4 Å². The Kier molecular flexibility index (Phi) is 7.31. The van der Waals surface area contributed by atoms with Crippen LogP contribution in [0.1, 0.15) is 12.5 Å². The summed E-state index contributed by atoms with van der Waals surface area (Å²) in [6, 6.07) is 1.88. The minimum absolute atomic E-state index is 0. The van der Waals surface area contributed by atoms with Gasteiger partial charge < -0.3 is 10.4 Å². The van der Waals surface area contributed by atoms with Crippen LogP contribution in [0, 0.1) is 0 Å². The first-order chi connectivity index (χ1) is 12.1. The maximum atomic E-state index is 13.0. The number of aromatic nitrogens is 3. The number of rotatable bonds is 6. The van der Waals surface area contributed by atoms with E-state index in [1.54, 1.807) is 0 Å². The number of likely N-dealkylation sites (N-methyl/N-ethyl adjacent to an activating group) is 1. The highest BCUT2D eigenvalue weighted by atomic mass is 35.5. The number of carbonyl (C=O) groups excluding carboxylic acids is 1. The monoisotopic (exact) mass is 407 g/mol. The van der Waals surface area contributed by atoms with Crippen molar-refractivity contribution in [3.05, 3.63) is 36.4 Å². The molecule has 1 unspecified atom stereocenters. The van der Waals surface area contributed by atoms with E-state index in [-0.39, 0.29) is 30.3 Å². The first kappa shape index (κ1) is 22.4. The van der Waals surface area contributed by atoms with Gasteiger partial charge in [-0.2, -0.15) is 18.3 Å². The third-order valence-electron chi connectivity index (χ3n) is 3.68. The number of carbonyl (C=O) groups is 2. The fraction of sp³-hybridized carbons (Fsp3) is 0.333. The smallest absolute Gasteiger partial charge is 0.416 e. The highest BCUT2D eigenvalue weighted by molar-refractivity contribution is 5.94. The van der Waals surface area contributed by atoms with E-state index in [0.717, 1.165) is 18.2 Å². The van der Waals surface area contributed by atoms with Gasteiger partial charge in [0, 0.05) is 0 Å². The fourth-order valence-electron chi connectivity index (χ4n) is 2.09. The second-order valence-electron chi connectivity index (χ2n) is 5.55. The summed E-state index contributed by atoms with van der Waals surface area (Å²) in [5.74, 6) is -1.79. The molecule has 0 aliphatic rings. The minimum atomic E-state index is -4.59. The van der Waals surface area contributed by atoms with Gasteiger partial charge >= 0.3 is 12.1 Å². The van der Waals surface area contributed by atoms with Crippen molar-refractivity contribution < 1.29 is 27.9 Å². The first-order valence-corrected chi connectivity index (χ1v) is 7.38. The molecule has 1 aromatic heterocycles. The highest BCUT2D eigenvalue weighted by Crippen LogP contribution is 2.33. The molecule has 0 aliphatic heterocycles. The van der Waals surface area contributed by atoms with E-state index in [1.165, 1.54) is 36.2 Å². The minimum Gasteiger partial charge on any atom is -0.480 e. The molecule has 2 aromatic rings. The second-order valence-corrected chi connectivity index (χ2v) is 5.55. The van der Waals surface area contributed by atoms with Crippen LogP contribution in [0.3, 0.4) is 0 Å². The SMILES string of the molecule is CC(C(=O)O)N(C)CC(=O)Nc1cc(C(F)(F)F)ccc1-n1cncn1.Cl. The molecule has 0 bridgehead atoms. The predicted molar refractivity (Wildman–Crippen MR) is 92.0 cm³/mol. The van der Waals surface area contributed by atoms with Gasteiger partial charge in [0.1, 0.15) is 18.7 Å². The summed E-state index contributed by atoms with van der Waals surface area (Å²) < 4.78 is 40.1. The number of carboxylic acid groups (broad SMARTS) is 1. The highest BCUT2D eigenvalue weighted by Gasteiger charge is 2.31. The van der Waals surface area contributed by atoms with Gasteiger partial charge in [0.2, 0.25) is 5.91 Å². The summed E-state index contributed by atoms with van der Waals surface area (Å²) >= 11 is 0. The molecule has 0 spiro atoms. The number of halogens is 4. The molecule has 1 aromatic carbocycles. The number of carboxylic acids is 1. The van der Waals surface area contributed by atoms with Crippen molar-refractivity contribution >= 4 is 30.0 Å². The Morgan fingerprint density at radius 3 is 2.56 bits per heavy atom. The van der Waals surface area contributed by atoms with Crippen LogP contribution < -0.4 is 5.32 Å². The molecule has 0 fully saturated rings. The number of hydrogen-bond donors (Lipinski definition) is 2. The third-order valence-corrected chi connectivity index (χ3v) is 3.68. The number of nitrogens with one attached hydrogen (secondary N) is 1. The van der Waals surface area contributed by atoms with Crippen LogP contribution in [0.15, 0.2) is 30.9 Å². The van der Waals surface area contributed by atoms with Crippen LogP contribution >= 0.6 is 12.4 Å². The van der Waals surface area contributed by atoms with Gasteiger partial charge in [-0.3, -0.25) is 14.5 Å². The van der Waals surface area contributed by atoms with Crippen LogP contribution in [-0.4, -0.2) is 56.3 Å². The molecule has 1 heterocycles. The first-order valence-electron chi connectivity index (χ1n) is 7.38. The summed E-state index contributed by atoms with van der Waals surface area (Å²) in [6.45, 7) is 1.07. The topological polar surface area (TPSA) is 100 Å². The molecule has 0 saturated carbocycles. The molecule has 0 radical (unpaired) electrons. The van der Waals surface area contributed by atoms with E-state index < -0.39 is 29.7 Å². The van der Waals surface area contributed by atoms with Crippen molar-refractivity contribution in [2.24, 2.45) is 0 Å². The van der Waals surface area contributed by atoms with E-state index >= 15 is 0 Å². The largest absolute Gasteiger partial charge is 0.480 e. The summed E-state index contributed by atoms with van der Waals surface area (Å²) in [7, 11) is 1.42. The van der Waals surface area contributed by atoms with E-state index in [4.69, 9.17) is 5.11 Å². The van der Waals surface area contributed by atoms with E-state index in [1.807, 2.05) is 0 Å². The van der Waals surface area contributed by atoms with Crippen molar-refractivity contribution in [3.8, 4) is 5.69 Å².